The minimum Gasteiger partial charge on any atom is -0.433 e. The third-order valence-corrected chi connectivity index (χ3v) is 1.86. The van der Waals surface area contributed by atoms with Crippen LogP contribution in [-0.2, 0) is 23.7 Å². The SMILES string of the molecule is C=CCOCC(=C)C(=O)OC(C)OC(C)OCC. The molecule has 0 aromatic carbocycles. The van der Waals surface area contributed by atoms with Gasteiger partial charge >= 0.3 is 5.97 Å². The monoisotopic (exact) mass is 258 g/mol. The molecule has 0 spiro atoms. The predicted molar refractivity (Wildman–Crippen MR) is 67.9 cm³/mol. The highest BCUT2D eigenvalue weighted by Gasteiger charge is 2.15. The third-order valence-electron chi connectivity index (χ3n) is 1.86. The van der Waals surface area contributed by atoms with Gasteiger partial charge in [0, 0.05) is 6.61 Å². The summed E-state index contributed by atoms with van der Waals surface area (Å²) in [5.41, 5.74) is 0.233. The van der Waals surface area contributed by atoms with Crippen LogP contribution in [0.2, 0.25) is 0 Å². The Balaban J connectivity index is 3.91. The maximum Gasteiger partial charge on any atom is 0.338 e. The minimum atomic E-state index is -0.699. The summed E-state index contributed by atoms with van der Waals surface area (Å²) in [6, 6.07) is 0. The quantitative estimate of drug-likeness (QED) is 0.197. The lowest BCUT2D eigenvalue weighted by atomic mass is 10.3. The van der Waals surface area contributed by atoms with Crippen LogP contribution in [0.5, 0.6) is 0 Å². The molecule has 0 aliphatic heterocycles. The molecular formula is C13H22O5. The predicted octanol–water partition coefficient (Wildman–Crippen LogP) is 2.03. The Hall–Kier alpha value is -1.17. The second-order valence-corrected chi connectivity index (χ2v) is 3.54. The Morgan fingerprint density at radius 2 is 2.00 bits per heavy atom. The van der Waals surface area contributed by atoms with E-state index in [1.54, 1.807) is 19.9 Å². The molecule has 0 amide bonds. The normalized spacial score (nSPS) is 13.7. The van der Waals surface area contributed by atoms with Gasteiger partial charge in [0.15, 0.2) is 6.29 Å². The Kier molecular flexibility index (Phi) is 9.18. The van der Waals surface area contributed by atoms with Gasteiger partial charge in [-0.3, -0.25) is 0 Å². The molecule has 2 unspecified atom stereocenters. The molecule has 0 aromatic heterocycles. The smallest absolute Gasteiger partial charge is 0.338 e. The zero-order valence-corrected chi connectivity index (χ0v) is 11.3. The van der Waals surface area contributed by atoms with Crippen molar-refractivity contribution in [1.82, 2.24) is 0 Å². The van der Waals surface area contributed by atoms with Crippen molar-refractivity contribution in [1.29, 1.82) is 0 Å². The van der Waals surface area contributed by atoms with Gasteiger partial charge in [0.1, 0.15) is 0 Å². The molecule has 0 fully saturated rings. The lowest BCUT2D eigenvalue weighted by Crippen LogP contribution is -2.26. The molecule has 0 saturated carbocycles. The summed E-state index contributed by atoms with van der Waals surface area (Å²) in [7, 11) is 0. The van der Waals surface area contributed by atoms with E-state index in [1.807, 2.05) is 6.92 Å². The largest absolute Gasteiger partial charge is 0.433 e. The van der Waals surface area contributed by atoms with Crippen molar-refractivity contribution in [2.45, 2.75) is 33.4 Å². The average molecular weight is 258 g/mol. The van der Waals surface area contributed by atoms with Gasteiger partial charge in [-0.15, -0.1) is 6.58 Å². The highest BCUT2D eigenvalue weighted by Crippen LogP contribution is 2.05. The number of hydrogen-bond acceptors (Lipinski definition) is 5. The summed E-state index contributed by atoms with van der Waals surface area (Å²) < 4.78 is 20.5. The summed E-state index contributed by atoms with van der Waals surface area (Å²) in [4.78, 5) is 11.5. The first-order valence-electron chi connectivity index (χ1n) is 5.85. The Bertz CT molecular complexity index is 275. The molecule has 0 aliphatic carbocycles. The van der Waals surface area contributed by atoms with Crippen LogP contribution in [0.4, 0.5) is 0 Å². The van der Waals surface area contributed by atoms with Crippen LogP contribution >= 0.6 is 0 Å². The van der Waals surface area contributed by atoms with Crippen molar-refractivity contribution >= 4 is 5.97 Å². The maximum absolute atomic E-state index is 11.5. The van der Waals surface area contributed by atoms with Crippen LogP contribution < -0.4 is 0 Å². The Labute approximate surface area is 108 Å². The first-order valence-corrected chi connectivity index (χ1v) is 5.85. The molecule has 5 heteroatoms. The fourth-order valence-electron chi connectivity index (χ4n) is 1.13. The number of carbonyl (C=O) groups excluding carboxylic acids is 1. The first-order chi connectivity index (χ1) is 8.51. The van der Waals surface area contributed by atoms with Gasteiger partial charge in [-0.2, -0.15) is 0 Å². The van der Waals surface area contributed by atoms with E-state index in [4.69, 9.17) is 18.9 Å². The van der Waals surface area contributed by atoms with E-state index in [2.05, 4.69) is 13.2 Å². The highest BCUT2D eigenvalue weighted by atomic mass is 16.8. The van der Waals surface area contributed by atoms with E-state index in [-0.39, 0.29) is 12.2 Å². The summed E-state index contributed by atoms with van der Waals surface area (Å²) >= 11 is 0. The lowest BCUT2D eigenvalue weighted by molar-refractivity contribution is -0.226. The summed E-state index contributed by atoms with van der Waals surface area (Å²) in [5, 5.41) is 0. The zero-order valence-electron chi connectivity index (χ0n) is 11.3. The van der Waals surface area contributed by atoms with Crippen LogP contribution in [-0.4, -0.2) is 38.4 Å². The highest BCUT2D eigenvalue weighted by molar-refractivity contribution is 5.88. The van der Waals surface area contributed by atoms with Crippen molar-refractivity contribution < 1.29 is 23.7 Å². The van der Waals surface area contributed by atoms with Crippen LogP contribution in [0, 0.1) is 0 Å². The first kappa shape index (κ1) is 16.8. The van der Waals surface area contributed by atoms with Crippen LogP contribution in [0.1, 0.15) is 20.8 Å². The molecule has 0 aromatic rings. The van der Waals surface area contributed by atoms with Gasteiger partial charge in [-0.05, 0) is 20.8 Å². The molecule has 0 heterocycles. The van der Waals surface area contributed by atoms with Gasteiger partial charge in [0.2, 0.25) is 6.29 Å². The van der Waals surface area contributed by atoms with Gasteiger partial charge < -0.3 is 18.9 Å². The van der Waals surface area contributed by atoms with E-state index in [1.165, 1.54) is 0 Å². The van der Waals surface area contributed by atoms with Crippen LogP contribution in [0.3, 0.4) is 0 Å². The molecule has 2 atom stereocenters. The Morgan fingerprint density at radius 3 is 2.56 bits per heavy atom. The zero-order chi connectivity index (χ0) is 14.0. The van der Waals surface area contributed by atoms with Crippen molar-refractivity contribution in [2.75, 3.05) is 19.8 Å². The van der Waals surface area contributed by atoms with Gasteiger partial charge in [-0.1, -0.05) is 12.7 Å². The van der Waals surface area contributed by atoms with Crippen molar-refractivity contribution in [3.63, 3.8) is 0 Å². The van der Waals surface area contributed by atoms with Crippen molar-refractivity contribution in [2.24, 2.45) is 0 Å². The summed E-state index contributed by atoms with van der Waals surface area (Å²) in [6.07, 6.45) is 0.465. The van der Waals surface area contributed by atoms with Crippen molar-refractivity contribution in [3.05, 3.63) is 24.8 Å². The van der Waals surface area contributed by atoms with E-state index in [9.17, 15) is 4.79 Å². The third kappa shape index (κ3) is 8.00. The molecule has 0 N–H and O–H groups in total. The topological polar surface area (TPSA) is 54.0 Å². The molecular weight excluding hydrogens is 236 g/mol. The van der Waals surface area contributed by atoms with E-state index < -0.39 is 18.5 Å². The number of carbonyl (C=O) groups is 1. The minimum absolute atomic E-state index is 0.110. The average Bonchev–Trinajstić information content (AvgIpc) is 2.28. The number of ether oxygens (including phenoxy) is 4. The maximum atomic E-state index is 11.5. The number of hydrogen-bond donors (Lipinski definition) is 0. The lowest BCUT2D eigenvalue weighted by Gasteiger charge is -2.19. The second kappa shape index (κ2) is 9.82. The van der Waals surface area contributed by atoms with E-state index in [0.29, 0.717) is 13.2 Å². The van der Waals surface area contributed by atoms with Crippen LogP contribution in [0.15, 0.2) is 24.8 Å². The fourth-order valence-corrected chi connectivity index (χ4v) is 1.13. The Morgan fingerprint density at radius 1 is 1.33 bits per heavy atom. The van der Waals surface area contributed by atoms with E-state index in [0.717, 1.165) is 0 Å². The standard InChI is InChI=1S/C13H22O5/c1-6-8-15-9-10(3)13(14)18-12(5)17-11(4)16-7-2/h6,11-12H,1,3,7-9H2,2,4-5H3. The molecule has 0 aliphatic rings. The summed E-state index contributed by atoms with van der Waals surface area (Å²) in [5.74, 6) is -0.546. The molecule has 0 radical (unpaired) electrons. The molecule has 0 bridgehead atoms. The van der Waals surface area contributed by atoms with Gasteiger partial charge in [-0.25, -0.2) is 4.79 Å². The van der Waals surface area contributed by atoms with Crippen LogP contribution in [0.25, 0.3) is 0 Å². The fraction of sp³-hybridized carbons (Fsp3) is 0.615. The molecule has 18 heavy (non-hydrogen) atoms. The summed E-state index contributed by atoms with van der Waals surface area (Å²) in [6.45, 7) is 13.3. The number of rotatable bonds is 10. The number of esters is 1. The molecule has 0 rings (SSSR count). The van der Waals surface area contributed by atoms with Gasteiger partial charge in [0.05, 0.1) is 18.8 Å². The second-order valence-electron chi connectivity index (χ2n) is 3.54. The molecule has 0 saturated heterocycles. The molecule has 104 valence electrons. The van der Waals surface area contributed by atoms with Crippen molar-refractivity contribution in [3.8, 4) is 0 Å². The van der Waals surface area contributed by atoms with E-state index >= 15 is 0 Å². The van der Waals surface area contributed by atoms with Gasteiger partial charge in [0.25, 0.3) is 0 Å². The molecule has 5 nitrogen and oxygen atoms in total.